The second-order valence-corrected chi connectivity index (χ2v) is 5.37. The van der Waals surface area contributed by atoms with Crippen molar-refractivity contribution in [3.8, 4) is 0 Å². The van der Waals surface area contributed by atoms with Crippen LogP contribution in [-0.4, -0.2) is 23.4 Å². The Morgan fingerprint density at radius 2 is 2.05 bits per heavy atom. The average Bonchev–Trinajstić information content (AvgIpc) is 2.44. The molecule has 1 amide bonds. The highest BCUT2D eigenvalue weighted by molar-refractivity contribution is 5.95. The van der Waals surface area contributed by atoms with Crippen molar-refractivity contribution in [3.05, 3.63) is 33.9 Å². The van der Waals surface area contributed by atoms with E-state index in [0.717, 1.165) is 0 Å². The molecular weight excluding hydrogens is 288 g/mol. The van der Waals surface area contributed by atoms with E-state index in [1.54, 1.807) is 13.0 Å². The monoisotopic (exact) mass is 308 g/mol. The van der Waals surface area contributed by atoms with Gasteiger partial charge in [0.1, 0.15) is 5.69 Å². The maximum Gasteiger partial charge on any atom is 0.306 e. The molecule has 0 saturated carbocycles. The van der Waals surface area contributed by atoms with E-state index in [1.807, 2.05) is 13.8 Å². The van der Waals surface area contributed by atoms with Gasteiger partial charge in [0.2, 0.25) is 0 Å². The predicted octanol–water partition coefficient (Wildman–Crippen LogP) is 2.82. The molecule has 1 N–H and O–H groups in total. The summed E-state index contributed by atoms with van der Waals surface area (Å²) in [5, 5.41) is 13.4. The van der Waals surface area contributed by atoms with Gasteiger partial charge in [-0.25, -0.2) is 0 Å². The SMILES string of the molecule is Cc1cccc([N+](=O)[O-])c1NC(=O)COC(=O)CCC(C)C. The van der Waals surface area contributed by atoms with E-state index < -0.39 is 23.4 Å². The van der Waals surface area contributed by atoms with Crippen LogP contribution in [0.15, 0.2) is 18.2 Å². The van der Waals surface area contributed by atoms with E-state index >= 15 is 0 Å². The molecule has 7 heteroatoms. The third-order valence-corrected chi connectivity index (χ3v) is 3.00. The van der Waals surface area contributed by atoms with Crippen LogP contribution in [-0.2, 0) is 14.3 Å². The molecule has 7 nitrogen and oxygen atoms in total. The number of nitrogens with zero attached hydrogens (tertiary/aromatic N) is 1. The number of amides is 1. The number of carbonyl (C=O) groups is 2. The van der Waals surface area contributed by atoms with E-state index in [0.29, 0.717) is 17.9 Å². The summed E-state index contributed by atoms with van der Waals surface area (Å²) in [5.74, 6) is -0.686. The summed E-state index contributed by atoms with van der Waals surface area (Å²) in [4.78, 5) is 33.6. The number of nitro benzene ring substituents is 1. The third kappa shape index (κ3) is 5.51. The zero-order chi connectivity index (χ0) is 16.7. The van der Waals surface area contributed by atoms with Gasteiger partial charge >= 0.3 is 5.97 Å². The summed E-state index contributed by atoms with van der Waals surface area (Å²) in [6, 6.07) is 4.49. The first-order chi connectivity index (χ1) is 10.3. The van der Waals surface area contributed by atoms with Gasteiger partial charge in [0.15, 0.2) is 6.61 Å². The minimum absolute atomic E-state index is 0.121. The van der Waals surface area contributed by atoms with Crippen LogP contribution in [0, 0.1) is 23.0 Å². The van der Waals surface area contributed by atoms with Gasteiger partial charge in [-0.2, -0.15) is 0 Å². The molecule has 0 fully saturated rings. The fraction of sp³-hybridized carbons (Fsp3) is 0.467. The van der Waals surface area contributed by atoms with Crippen molar-refractivity contribution in [2.24, 2.45) is 5.92 Å². The van der Waals surface area contributed by atoms with Crippen molar-refractivity contribution >= 4 is 23.3 Å². The lowest BCUT2D eigenvalue weighted by Crippen LogP contribution is -2.22. The lowest BCUT2D eigenvalue weighted by Gasteiger charge is -2.09. The number of esters is 1. The zero-order valence-corrected chi connectivity index (χ0v) is 12.9. The second-order valence-electron chi connectivity index (χ2n) is 5.37. The number of hydrogen-bond acceptors (Lipinski definition) is 5. The molecular formula is C15H20N2O5. The Kier molecular flexibility index (Phi) is 6.49. The lowest BCUT2D eigenvalue weighted by molar-refractivity contribution is -0.384. The molecule has 0 aliphatic heterocycles. The molecule has 0 radical (unpaired) electrons. The van der Waals surface area contributed by atoms with Crippen LogP contribution in [0.2, 0.25) is 0 Å². The van der Waals surface area contributed by atoms with Gasteiger partial charge < -0.3 is 10.1 Å². The molecule has 0 unspecified atom stereocenters. The van der Waals surface area contributed by atoms with Crippen LogP contribution in [0.25, 0.3) is 0 Å². The van der Waals surface area contributed by atoms with Crippen molar-refractivity contribution in [2.45, 2.75) is 33.6 Å². The van der Waals surface area contributed by atoms with Gasteiger partial charge in [-0.3, -0.25) is 19.7 Å². The first-order valence-corrected chi connectivity index (χ1v) is 7.00. The predicted molar refractivity (Wildman–Crippen MR) is 81.5 cm³/mol. The molecule has 1 rings (SSSR count). The van der Waals surface area contributed by atoms with E-state index in [4.69, 9.17) is 4.74 Å². The summed E-state index contributed by atoms with van der Waals surface area (Å²) in [6.07, 6.45) is 0.930. The van der Waals surface area contributed by atoms with E-state index in [-0.39, 0.29) is 17.8 Å². The summed E-state index contributed by atoms with van der Waals surface area (Å²) in [7, 11) is 0. The Labute approximate surface area is 128 Å². The Balaban J connectivity index is 2.59. The number of carbonyl (C=O) groups excluding carboxylic acids is 2. The van der Waals surface area contributed by atoms with Crippen LogP contribution in [0.3, 0.4) is 0 Å². The molecule has 0 atom stereocenters. The minimum atomic E-state index is -0.602. The number of nitro groups is 1. The molecule has 0 aromatic heterocycles. The number of hydrogen-bond donors (Lipinski definition) is 1. The minimum Gasteiger partial charge on any atom is -0.456 e. The van der Waals surface area contributed by atoms with Crippen LogP contribution in [0.1, 0.15) is 32.3 Å². The molecule has 0 saturated heterocycles. The first-order valence-electron chi connectivity index (χ1n) is 7.00. The van der Waals surface area contributed by atoms with Gasteiger partial charge in [0.25, 0.3) is 11.6 Å². The molecule has 120 valence electrons. The van der Waals surface area contributed by atoms with Crippen molar-refractivity contribution in [1.29, 1.82) is 0 Å². The van der Waals surface area contributed by atoms with Gasteiger partial charge in [0, 0.05) is 12.5 Å². The number of anilines is 1. The Bertz CT molecular complexity index is 569. The molecule has 1 aromatic rings. The highest BCUT2D eigenvalue weighted by Gasteiger charge is 2.18. The molecule has 0 aliphatic carbocycles. The van der Waals surface area contributed by atoms with Crippen molar-refractivity contribution in [1.82, 2.24) is 0 Å². The Morgan fingerprint density at radius 3 is 2.64 bits per heavy atom. The maximum atomic E-state index is 11.8. The van der Waals surface area contributed by atoms with Gasteiger partial charge in [-0.05, 0) is 24.8 Å². The molecule has 0 aliphatic rings. The highest BCUT2D eigenvalue weighted by atomic mass is 16.6. The molecule has 0 spiro atoms. The Morgan fingerprint density at radius 1 is 1.36 bits per heavy atom. The van der Waals surface area contributed by atoms with Crippen LogP contribution < -0.4 is 5.32 Å². The number of nitrogens with one attached hydrogen (secondary N) is 1. The van der Waals surface area contributed by atoms with Crippen molar-refractivity contribution < 1.29 is 19.2 Å². The van der Waals surface area contributed by atoms with E-state index in [2.05, 4.69) is 5.32 Å². The first kappa shape index (κ1) is 17.6. The van der Waals surface area contributed by atoms with Gasteiger partial charge in [0.05, 0.1) is 4.92 Å². The van der Waals surface area contributed by atoms with Gasteiger partial charge in [-0.15, -0.1) is 0 Å². The number of aryl methyl sites for hydroxylation is 1. The maximum absolute atomic E-state index is 11.8. The topological polar surface area (TPSA) is 98.5 Å². The summed E-state index contributed by atoms with van der Waals surface area (Å²) in [5.41, 5.74) is 0.490. The smallest absolute Gasteiger partial charge is 0.306 e. The molecule has 0 bridgehead atoms. The van der Waals surface area contributed by atoms with Crippen molar-refractivity contribution in [2.75, 3.05) is 11.9 Å². The van der Waals surface area contributed by atoms with Gasteiger partial charge in [-0.1, -0.05) is 26.0 Å². The summed E-state index contributed by atoms with van der Waals surface area (Å²) >= 11 is 0. The number of para-hydroxylation sites is 1. The summed E-state index contributed by atoms with van der Waals surface area (Å²) < 4.78 is 4.85. The van der Waals surface area contributed by atoms with E-state index in [9.17, 15) is 19.7 Å². The number of rotatable bonds is 7. The standard InChI is InChI=1S/C15H20N2O5/c1-10(2)7-8-14(19)22-9-13(18)16-15-11(3)5-4-6-12(15)17(20)21/h4-6,10H,7-9H2,1-3H3,(H,16,18). The highest BCUT2D eigenvalue weighted by Crippen LogP contribution is 2.27. The summed E-state index contributed by atoms with van der Waals surface area (Å²) in [6.45, 7) is 5.16. The van der Waals surface area contributed by atoms with Crippen molar-refractivity contribution in [3.63, 3.8) is 0 Å². The fourth-order valence-corrected chi connectivity index (χ4v) is 1.77. The zero-order valence-electron chi connectivity index (χ0n) is 12.9. The number of benzene rings is 1. The molecule has 22 heavy (non-hydrogen) atoms. The quantitative estimate of drug-likeness (QED) is 0.474. The lowest BCUT2D eigenvalue weighted by atomic mass is 10.1. The van der Waals surface area contributed by atoms with Crippen LogP contribution in [0.5, 0.6) is 0 Å². The Hall–Kier alpha value is -2.44. The molecule has 1 aromatic carbocycles. The third-order valence-electron chi connectivity index (χ3n) is 3.00. The van der Waals surface area contributed by atoms with E-state index in [1.165, 1.54) is 12.1 Å². The number of ether oxygens (including phenoxy) is 1. The fourth-order valence-electron chi connectivity index (χ4n) is 1.77. The average molecular weight is 308 g/mol. The molecule has 0 heterocycles. The van der Waals surface area contributed by atoms with Crippen LogP contribution >= 0.6 is 0 Å². The normalized spacial score (nSPS) is 10.4. The largest absolute Gasteiger partial charge is 0.456 e. The second kappa shape index (κ2) is 8.11. The van der Waals surface area contributed by atoms with Crippen LogP contribution in [0.4, 0.5) is 11.4 Å².